The highest BCUT2D eigenvalue weighted by molar-refractivity contribution is 7.92. The van der Waals surface area contributed by atoms with Crippen molar-refractivity contribution >= 4 is 21.6 Å². The molecule has 11 heteroatoms. The average Bonchev–Trinajstić information content (AvgIpc) is 3.25. The highest BCUT2D eigenvalue weighted by Gasteiger charge is 2.46. The maximum Gasteiger partial charge on any atom is 0.261 e. The molecule has 0 aliphatic carbocycles. The van der Waals surface area contributed by atoms with Crippen LogP contribution in [-0.2, 0) is 26.1 Å². The molecule has 1 amide bonds. The predicted molar refractivity (Wildman–Crippen MR) is 134 cm³/mol. The fourth-order valence-electron chi connectivity index (χ4n) is 4.89. The lowest BCUT2D eigenvalue weighted by atomic mass is 9.84. The van der Waals surface area contributed by atoms with Crippen LogP contribution in [0.25, 0.3) is 0 Å². The van der Waals surface area contributed by atoms with Crippen molar-refractivity contribution in [2.75, 3.05) is 11.3 Å². The van der Waals surface area contributed by atoms with E-state index in [2.05, 4.69) is 10.0 Å². The van der Waals surface area contributed by atoms with E-state index in [1.165, 1.54) is 18.2 Å². The number of hydrogen-bond acceptors (Lipinski definition) is 6. The van der Waals surface area contributed by atoms with Crippen LogP contribution in [0.5, 0.6) is 5.75 Å². The molecule has 2 aliphatic rings. The molecule has 0 unspecified atom stereocenters. The Morgan fingerprint density at radius 1 is 1.05 bits per heavy atom. The van der Waals surface area contributed by atoms with E-state index in [1.54, 1.807) is 36.4 Å². The summed E-state index contributed by atoms with van der Waals surface area (Å²) in [6, 6.07) is 15.5. The number of hydrogen-bond donors (Lipinski definition) is 3. The van der Waals surface area contributed by atoms with E-state index >= 15 is 0 Å². The smallest absolute Gasteiger partial charge is 0.261 e. The van der Waals surface area contributed by atoms with E-state index in [9.17, 15) is 27.1 Å². The maximum atomic E-state index is 13.9. The normalized spacial score (nSPS) is 22.2. The van der Waals surface area contributed by atoms with Crippen molar-refractivity contribution in [3.05, 3.63) is 89.5 Å². The van der Waals surface area contributed by atoms with Crippen LogP contribution in [0.1, 0.15) is 29.9 Å². The number of aliphatic hydroxyl groups is 1. The van der Waals surface area contributed by atoms with Gasteiger partial charge in [-0.05, 0) is 55.0 Å². The molecule has 2 heterocycles. The molecule has 3 aromatic carbocycles. The van der Waals surface area contributed by atoms with E-state index < -0.39 is 40.0 Å². The first kappa shape index (κ1) is 26.1. The first-order valence-corrected chi connectivity index (χ1v) is 13.6. The third kappa shape index (κ3) is 5.50. The number of anilines is 1. The van der Waals surface area contributed by atoms with Gasteiger partial charge in [-0.25, -0.2) is 17.2 Å². The van der Waals surface area contributed by atoms with Crippen molar-refractivity contribution < 1.29 is 36.6 Å². The van der Waals surface area contributed by atoms with Gasteiger partial charge in [0, 0.05) is 29.3 Å². The Bertz CT molecular complexity index is 1430. The Morgan fingerprint density at radius 3 is 2.55 bits per heavy atom. The summed E-state index contributed by atoms with van der Waals surface area (Å²) in [5, 5.41) is 12.6. The van der Waals surface area contributed by atoms with Gasteiger partial charge in [-0.2, -0.15) is 0 Å². The number of rotatable bonds is 8. The van der Waals surface area contributed by atoms with Crippen molar-refractivity contribution in [3.8, 4) is 5.75 Å². The monoisotopic (exact) mass is 544 g/mol. The second-order valence-electron chi connectivity index (χ2n) is 9.29. The molecule has 0 bridgehead atoms. The third-order valence-electron chi connectivity index (χ3n) is 6.72. The SMILES string of the molecule is O=C(C[C@@H]1C[C@@H]2c3cc(NS(=O)(=O)c4ccc(F)cc4)ccc3O[C@@H]2[C@@H](CO)O1)NCc1ccccc1F. The topological polar surface area (TPSA) is 114 Å². The molecule has 5 rings (SSSR count). The summed E-state index contributed by atoms with van der Waals surface area (Å²) in [6.45, 7) is -0.288. The Hall–Kier alpha value is -3.54. The second kappa shape index (κ2) is 10.7. The molecular formula is C27H26F2N2O6S. The minimum absolute atomic E-state index is 0.000390. The number of ether oxygens (including phenoxy) is 2. The molecule has 1 saturated heterocycles. The van der Waals surface area contributed by atoms with Crippen LogP contribution in [0.2, 0.25) is 0 Å². The summed E-state index contributed by atoms with van der Waals surface area (Å²) < 4.78 is 67.1. The molecule has 1 fully saturated rings. The molecule has 38 heavy (non-hydrogen) atoms. The number of halogens is 2. The zero-order valence-corrected chi connectivity index (χ0v) is 21.0. The van der Waals surface area contributed by atoms with Crippen LogP contribution in [0.15, 0.2) is 71.6 Å². The Morgan fingerprint density at radius 2 is 1.82 bits per heavy atom. The molecule has 8 nitrogen and oxygen atoms in total. The van der Waals surface area contributed by atoms with Crippen LogP contribution in [0.4, 0.5) is 14.5 Å². The van der Waals surface area contributed by atoms with Gasteiger partial charge in [-0.3, -0.25) is 9.52 Å². The zero-order valence-electron chi connectivity index (χ0n) is 20.1. The van der Waals surface area contributed by atoms with Gasteiger partial charge in [-0.15, -0.1) is 0 Å². The standard InChI is InChI=1S/C27H26F2N2O6S/c28-17-5-8-20(9-6-17)38(34,35)31-18-7-10-24-21(11-18)22-12-19(36-25(15-32)27(22)37-24)13-26(33)30-14-16-3-1-2-4-23(16)29/h1-11,19,22,25,27,31-32H,12-15H2,(H,30,33)/t19-,22+,25+,27-/m0/s1. The number of amides is 1. The summed E-state index contributed by atoms with van der Waals surface area (Å²) >= 11 is 0. The molecule has 2 aliphatic heterocycles. The van der Waals surface area contributed by atoms with Crippen molar-refractivity contribution in [3.63, 3.8) is 0 Å². The van der Waals surface area contributed by atoms with Crippen LogP contribution in [-0.4, -0.2) is 44.4 Å². The summed E-state index contributed by atoms with van der Waals surface area (Å²) in [7, 11) is -3.95. The van der Waals surface area contributed by atoms with Gasteiger partial charge in [0.15, 0.2) is 0 Å². The molecule has 3 N–H and O–H groups in total. The number of fused-ring (bicyclic) bond motifs is 3. The van der Waals surface area contributed by atoms with Gasteiger partial charge < -0.3 is 19.9 Å². The van der Waals surface area contributed by atoms with Crippen LogP contribution >= 0.6 is 0 Å². The fourth-order valence-corrected chi connectivity index (χ4v) is 5.94. The van der Waals surface area contributed by atoms with Gasteiger partial charge >= 0.3 is 0 Å². The van der Waals surface area contributed by atoms with Crippen LogP contribution < -0.4 is 14.8 Å². The minimum atomic E-state index is -3.95. The Labute approximate surface area is 218 Å². The van der Waals surface area contributed by atoms with Crippen molar-refractivity contribution in [1.29, 1.82) is 0 Å². The molecule has 0 radical (unpaired) electrons. The number of carbonyl (C=O) groups excluding carboxylic acids is 1. The molecule has 0 saturated carbocycles. The quantitative estimate of drug-likeness (QED) is 0.400. The van der Waals surface area contributed by atoms with E-state index in [1.807, 2.05) is 0 Å². The van der Waals surface area contributed by atoms with Gasteiger partial charge in [0.2, 0.25) is 5.91 Å². The van der Waals surface area contributed by atoms with E-state index in [0.717, 1.165) is 17.7 Å². The molecule has 0 aromatic heterocycles. The Kier molecular flexibility index (Phi) is 7.33. The second-order valence-corrected chi connectivity index (χ2v) is 11.0. The first-order valence-electron chi connectivity index (χ1n) is 12.1. The maximum absolute atomic E-state index is 13.9. The summed E-state index contributed by atoms with van der Waals surface area (Å²) in [5.74, 6) is -0.992. The third-order valence-corrected chi connectivity index (χ3v) is 8.12. The summed E-state index contributed by atoms with van der Waals surface area (Å²) in [5.41, 5.74) is 1.39. The van der Waals surface area contributed by atoms with E-state index in [0.29, 0.717) is 23.4 Å². The van der Waals surface area contributed by atoms with Gasteiger partial charge in [0.05, 0.1) is 24.0 Å². The number of benzene rings is 3. The summed E-state index contributed by atoms with van der Waals surface area (Å²) in [4.78, 5) is 12.5. The lowest BCUT2D eigenvalue weighted by Crippen LogP contribution is -2.47. The Balaban J connectivity index is 1.29. The summed E-state index contributed by atoms with van der Waals surface area (Å²) in [6.07, 6.45) is -1.33. The fraction of sp³-hybridized carbons (Fsp3) is 0.296. The molecular weight excluding hydrogens is 518 g/mol. The van der Waals surface area contributed by atoms with Crippen LogP contribution in [0.3, 0.4) is 0 Å². The zero-order chi connectivity index (χ0) is 26.9. The molecule has 4 atom stereocenters. The van der Waals surface area contributed by atoms with Crippen molar-refractivity contribution in [2.45, 2.75) is 48.5 Å². The molecule has 0 spiro atoms. The molecule has 3 aromatic rings. The lowest BCUT2D eigenvalue weighted by molar-refractivity contribution is -0.142. The highest BCUT2D eigenvalue weighted by Crippen LogP contribution is 2.47. The lowest BCUT2D eigenvalue weighted by Gasteiger charge is -2.37. The van der Waals surface area contributed by atoms with Crippen molar-refractivity contribution in [1.82, 2.24) is 5.32 Å². The largest absolute Gasteiger partial charge is 0.487 e. The number of nitrogens with one attached hydrogen (secondary N) is 2. The number of carbonyl (C=O) groups is 1. The molecule has 200 valence electrons. The minimum Gasteiger partial charge on any atom is -0.487 e. The van der Waals surface area contributed by atoms with Gasteiger partial charge in [0.1, 0.15) is 29.6 Å². The van der Waals surface area contributed by atoms with Gasteiger partial charge in [-0.1, -0.05) is 18.2 Å². The van der Waals surface area contributed by atoms with E-state index in [-0.39, 0.29) is 36.3 Å². The first-order chi connectivity index (χ1) is 18.2. The average molecular weight is 545 g/mol. The number of sulfonamides is 1. The predicted octanol–water partition coefficient (Wildman–Crippen LogP) is 3.47. The van der Waals surface area contributed by atoms with Crippen LogP contribution in [0, 0.1) is 11.6 Å². The number of aliphatic hydroxyl groups excluding tert-OH is 1. The van der Waals surface area contributed by atoms with Crippen molar-refractivity contribution in [2.24, 2.45) is 0 Å². The van der Waals surface area contributed by atoms with E-state index in [4.69, 9.17) is 9.47 Å². The van der Waals surface area contributed by atoms with Gasteiger partial charge in [0.25, 0.3) is 10.0 Å². The highest BCUT2D eigenvalue weighted by atomic mass is 32.2.